The van der Waals surface area contributed by atoms with E-state index in [0.29, 0.717) is 6.54 Å². The molecule has 0 saturated carbocycles. The largest absolute Gasteiger partial charge is 0.353 e. The predicted octanol–water partition coefficient (Wildman–Crippen LogP) is 2.09. The SMILES string of the molecule is CCN(CC(=O)Nc1cccc(C)c1C)CC(=O)NC(C)C. The third-order valence-corrected chi connectivity index (χ3v) is 3.51. The van der Waals surface area contributed by atoms with Crippen LogP contribution < -0.4 is 10.6 Å². The number of benzene rings is 1. The molecule has 0 atom stereocenters. The first kappa shape index (κ1) is 18.2. The van der Waals surface area contributed by atoms with E-state index in [1.165, 1.54) is 0 Å². The summed E-state index contributed by atoms with van der Waals surface area (Å²) in [5.74, 6) is -0.163. The zero-order valence-electron chi connectivity index (χ0n) is 14.2. The fourth-order valence-corrected chi connectivity index (χ4v) is 2.13. The third kappa shape index (κ3) is 5.85. The fourth-order valence-electron chi connectivity index (χ4n) is 2.13. The van der Waals surface area contributed by atoms with Gasteiger partial charge in [-0.15, -0.1) is 0 Å². The molecular weight excluding hydrogens is 278 g/mol. The molecule has 0 bridgehead atoms. The van der Waals surface area contributed by atoms with Gasteiger partial charge in [-0.1, -0.05) is 19.1 Å². The number of anilines is 1. The number of nitrogens with zero attached hydrogens (tertiary/aromatic N) is 1. The van der Waals surface area contributed by atoms with Crippen molar-refractivity contribution in [1.82, 2.24) is 10.2 Å². The van der Waals surface area contributed by atoms with Gasteiger partial charge in [0.2, 0.25) is 11.8 Å². The maximum Gasteiger partial charge on any atom is 0.238 e. The number of amides is 2. The number of hydrogen-bond acceptors (Lipinski definition) is 3. The summed E-state index contributed by atoms with van der Waals surface area (Å²) in [6, 6.07) is 5.93. The number of hydrogen-bond donors (Lipinski definition) is 2. The van der Waals surface area contributed by atoms with Gasteiger partial charge in [-0.25, -0.2) is 0 Å². The lowest BCUT2D eigenvalue weighted by Crippen LogP contribution is -2.42. The lowest BCUT2D eigenvalue weighted by atomic mass is 10.1. The van der Waals surface area contributed by atoms with Crippen molar-refractivity contribution in [2.24, 2.45) is 0 Å². The molecule has 0 aliphatic heterocycles. The quantitative estimate of drug-likeness (QED) is 0.811. The molecule has 0 saturated heterocycles. The van der Waals surface area contributed by atoms with Gasteiger partial charge in [0.25, 0.3) is 0 Å². The summed E-state index contributed by atoms with van der Waals surface area (Å²) in [4.78, 5) is 25.8. The van der Waals surface area contributed by atoms with Crippen LogP contribution in [0.4, 0.5) is 5.69 Å². The third-order valence-electron chi connectivity index (χ3n) is 3.51. The standard InChI is InChI=1S/C17H27N3O2/c1-6-20(10-16(21)18-12(2)3)11-17(22)19-15-9-7-8-13(4)14(15)5/h7-9,12H,6,10-11H2,1-5H3,(H,18,21)(H,19,22). The van der Waals surface area contributed by atoms with E-state index in [1.54, 1.807) is 0 Å². The first-order chi connectivity index (χ1) is 10.3. The van der Waals surface area contributed by atoms with E-state index in [1.807, 2.05) is 57.7 Å². The van der Waals surface area contributed by atoms with Crippen LogP contribution in [0.15, 0.2) is 18.2 Å². The molecule has 0 spiro atoms. The monoisotopic (exact) mass is 305 g/mol. The second kappa shape index (κ2) is 8.54. The summed E-state index contributed by atoms with van der Waals surface area (Å²) in [5.41, 5.74) is 3.03. The van der Waals surface area contributed by atoms with Crippen LogP contribution in [-0.4, -0.2) is 42.4 Å². The highest BCUT2D eigenvalue weighted by Gasteiger charge is 2.14. The van der Waals surface area contributed by atoms with Gasteiger partial charge in [0.05, 0.1) is 13.1 Å². The molecule has 0 unspecified atom stereocenters. The van der Waals surface area contributed by atoms with Gasteiger partial charge in [-0.2, -0.15) is 0 Å². The van der Waals surface area contributed by atoms with Crippen LogP contribution in [0.2, 0.25) is 0 Å². The van der Waals surface area contributed by atoms with Gasteiger partial charge < -0.3 is 10.6 Å². The van der Waals surface area contributed by atoms with Crippen LogP contribution >= 0.6 is 0 Å². The van der Waals surface area contributed by atoms with Crippen LogP contribution in [0.25, 0.3) is 0 Å². The molecule has 1 aromatic carbocycles. The Kier molecular flexibility index (Phi) is 7.05. The molecule has 0 aromatic heterocycles. The van der Waals surface area contributed by atoms with Crippen LogP contribution in [-0.2, 0) is 9.59 Å². The highest BCUT2D eigenvalue weighted by atomic mass is 16.2. The number of aryl methyl sites for hydroxylation is 1. The fraction of sp³-hybridized carbons (Fsp3) is 0.529. The van der Waals surface area contributed by atoms with Crippen molar-refractivity contribution in [3.8, 4) is 0 Å². The molecule has 0 radical (unpaired) electrons. The van der Waals surface area contributed by atoms with Crippen molar-refractivity contribution in [1.29, 1.82) is 0 Å². The molecule has 2 N–H and O–H groups in total. The Bertz CT molecular complexity index is 527. The first-order valence-electron chi connectivity index (χ1n) is 7.71. The van der Waals surface area contributed by atoms with Crippen LogP contribution in [0.1, 0.15) is 31.9 Å². The molecule has 0 aliphatic carbocycles. The second-order valence-corrected chi connectivity index (χ2v) is 5.82. The minimum atomic E-state index is -0.104. The lowest BCUT2D eigenvalue weighted by Gasteiger charge is -2.20. The average molecular weight is 305 g/mol. The van der Waals surface area contributed by atoms with Gasteiger partial charge >= 0.3 is 0 Å². The molecule has 22 heavy (non-hydrogen) atoms. The molecule has 0 heterocycles. The van der Waals surface area contributed by atoms with Gasteiger partial charge in [0.15, 0.2) is 0 Å². The van der Waals surface area contributed by atoms with Gasteiger partial charge in [-0.05, 0) is 51.4 Å². The van der Waals surface area contributed by atoms with Crippen molar-refractivity contribution in [3.63, 3.8) is 0 Å². The summed E-state index contributed by atoms with van der Waals surface area (Å²) < 4.78 is 0. The normalized spacial score (nSPS) is 10.9. The summed E-state index contributed by atoms with van der Waals surface area (Å²) in [7, 11) is 0. The van der Waals surface area contributed by atoms with Gasteiger partial charge in [0, 0.05) is 11.7 Å². The Balaban J connectivity index is 2.58. The van der Waals surface area contributed by atoms with E-state index in [9.17, 15) is 9.59 Å². The molecule has 0 aliphatic rings. The molecule has 0 fully saturated rings. The highest BCUT2D eigenvalue weighted by Crippen LogP contribution is 2.17. The van der Waals surface area contributed by atoms with Crippen molar-refractivity contribution >= 4 is 17.5 Å². The van der Waals surface area contributed by atoms with E-state index in [4.69, 9.17) is 0 Å². The summed E-state index contributed by atoms with van der Waals surface area (Å²) in [6.07, 6.45) is 0. The smallest absolute Gasteiger partial charge is 0.238 e. The Morgan fingerprint density at radius 1 is 1.14 bits per heavy atom. The molecule has 5 heteroatoms. The minimum Gasteiger partial charge on any atom is -0.353 e. The highest BCUT2D eigenvalue weighted by molar-refractivity contribution is 5.93. The average Bonchev–Trinajstić information content (AvgIpc) is 2.42. The first-order valence-corrected chi connectivity index (χ1v) is 7.71. The maximum absolute atomic E-state index is 12.2. The van der Waals surface area contributed by atoms with Crippen molar-refractivity contribution < 1.29 is 9.59 Å². The minimum absolute atomic E-state index is 0.0589. The molecule has 2 amide bonds. The topological polar surface area (TPSA) is 61.4 Å². The molecule has 1 rings (SSSR count). The van der Waals surface area contributed by atoms with Crippen LogP contribution in [0.3, 0.4) is 0 Å². The van der Waals surface area contributed by atoms with Crippen molar-refractivity contribution in [3.05, 3.63) is 29.3 Å². The number of carbonyl (C=O) groups is 2. The van der Waals surface area contributed by atoms with Crippen LogP contribution in [0.5, 0.6) is 0 Å². The van der Waals surface area contributed by atoms with Gasteiger partial charge in [0.1, 0.15) is 0 Å². The Morgan fingerprint density at radius 2 is 1.77 bits per heavy atom. The van der Waals surface area contributed by atoms with Crippen molar-refractivity contribution in [2.45, 2.75) is 40.7 Å². The number of nitrogens with one attached hydrogen (secondary N) is 2. The van der Waals surface area contributed by atoms with E-state index in [-0.39, 0.29) is 30.9 Å². The summed E-state index contributed by atoms with van der Waals surface area (Å²) >= 11 is 0. The number of rotatable bonds is 7. The Morgan fingerprint density at radius 3 is 2.36 bits per heavy atom. The number of likely N-dealkylation sites (N-methyl/N-ethyl adjacent to an activating group) is 1. The van der Waals surface area contributed by atoms with Crippen LogP contribution in [0, 0.1) is 13.8 Å². The molecule has 1 aromatic rings. The number of carbonyl (C=O) groups excluding carboxylic acids is 2. The molecule has 5 nitrogen and oxygen atoms in total. The van der Waals surface area contributed by atoms with E-state index < -0.39 is 0 Å². The molecular formula is C17H27N3O2. The summed E-state index contributed by atoms with van der Waals surface area (Å²) in [6.45, 7) is 10.9. The Hall–Kier alpha value is -1.88. The van der Waals surface area contributed by atoms with Gasteiger partial charge in [-0.3, -0.25) is 14.5 Å². The Labute approximate surface area is 133 Å². The van der Waals surface area contributed by atoms with E-state index in [2.05, 4.69) is 10.6 Å². The maximum atomic E-state index is 12.2. The predicted molar refractivity (Wildman–Crippen MR) is 89.9 cm³/mol. The van der Waals surface area contributed by atoms with Crippen molar-refractivity contribution in [2.75, 3.05) is 25.0 Å². The zero-order chi connectivity index (χ0) is 16.7. The zero-order valence-corrected chi connectivity index (χ0v) is 14.2. The van der Waals surface area contributed by atoms with E-state index in [0.717, 1.165) is 16.8 Å². The van der Waals surface area contributed by atoms with E-state index >= 15 is 0 Å². The molecule has 122 valence electrons. The lowest BCUT2D eigenvalue weighted by molar-refractivity contribution is -0.123. The second-order valence-electron chi connectivity index (χ2n) is 5.82. The summed E-state index contributed by atoms with van der Waals surface area (Å²) in [5, 5.41) is 5.75.